The lowest BCUT2D eigenvalue weighted by Gasteiger charge is -2.24. The van der Waals surface area contributed by atoms with Crippen molar-refractivity contribution >= 4 is 45.9 Å². The smallest absolute Gasteiger partial charge is 0.338 e. The largest absolute Gasteiger partial charge is 0.463 e. The van der Waals surface area contributed by atoms with Crippen molar-refractivity contribution in [3.05, 3.63) is 138 Å². The van der Waals surface area contributed by atoms with Gasteiger partial charge in [-0.15, -0.1) is 0 Å². The van der Waals surface area contributed by atoms with Gasteiger partial charge in [0.1, 0.15) is 0 Å². The summed E-state index contributed by atoms with van der Waals surface area (Å²) in [6, 6.07) is 26.9. The fraction of sp³-hybridized carbons (Fsp3) is 0.156. The third-order valence-electron chi connectivity index (χ3n) is 7.04. The number of esters is 1. The molecule has 8 heteroatoms. The van der Waals surface area contributed by atoms with Gasteiger partial charge in [0.25, 0.3) is 5.56 Å². The maximum absolute atomic E-state index is 14.1. The highest BCUT2D eigenvalue weighted by Crippen LogP contribution is 2.30. The average Bonchev–Trinajstić information content (AvgIpc) is 3.46. The molecule has 200 valence electrons. The van der Waals surface area contributed by atoms with E-state index in [1.54, 1.807) is 18.4 Å². The van der Waals surface area contributed by atoms with Crippen LogP contribution in [0.2, 0.25) is 5.02 Å². The van der Waals surface area contributed by atoms with E-state index in [1.165, 1.54) is 11.3 Å². The number of ether oxygens (including phenoxy) is 1. The van der Waals surface area contributed by atoms with E-state index in [-0.39, 0.29) is 12.2 Å². The second-order valence-corrected chi connectivity index (χ2v) is 10.9. The van der Waals surface area contributed by atoms with E-state index in [2.05, 4.69) is 27.8 Å². The minimum atomic E-state index is -0.632. The Morgan fingerprint density at radius 3 is 2.55 bits per heavy atom. The average molecular weight is 568 g/mol. The summed E-state index contributed by atoms with van der Waals surface area (Å²) in [6.45, 7) is 4.34. The van der Waals surface area contributed by atoms with Gasteiger partial charge >= 0.3 is 5.97 Å². The molecule has 6 rings (SSSR count). The molecule has 0 spiro atoms. The van der Waals surface area contributed by atoms with Gasteiger partial charge in [-0.05, 0) is 49.2 Å². The standard InChI is InChI=1S/C32H26ClN3O3S/c1-3-39-31(38)28-20(2)34-32-36(29(28)21-11-5-4-6-12-21)30(37)27(40-32)18-24-17-22-13-8-10-16-26(22)35(24)19-23-14-7-9-15-25(23)33/h4-18,29H,3,19H2,1-2H3/b27-18+/t29-/m1/s1. The number of fused-ring (bicyclic) bond motifs is 2. The van der Waals surface area contributed by atoms with Crippen LogP contribution in [-0.2, 0) is 16.1 Å². The Bertz CT molecular complexity index is 1970. The molecule has 0 N–H and O–H groups in total. The third-order valence-corrected chi connectivity index (χ3v) is 8.39. The Labute approximate surface area is 239 Å². The summed E-state index contributed by atoms with van der Waals surface area (Å²) in [5.41, 5.74) is 4.45. The zero-order valence-electron chi connectivity index (χ0n) is 22.0. The molecule has 0 fully saturated rings. The van der Waals surface area contributed by atoms with Crippen LogP contribution in [0.25, 0.3) is 17.0 Å². The number of carbonyl (C=O) groups is 1. The first kappa shape index (κ1) is 26.0. The van der Waals surface area contributed by atoms with Gasteiger partial charge in [0.2, 0.25) is 0 Å². The van der Waals surface area contributed by atoms with Gasteiger partial charge in [0.15, 0.2) is 4.80 Å². The van der Waals surface area contributed by atoms with E-state index in [1.807, 2.05) is 72.8 Å². The normalized spacial score (nSPS) is 15.3. The van der Waals surface area contributed by atoms with Gasteiger partial charge in [0, 0.05) is 28.2 Å². The van der Waals surface area contributed by atoms with Crippen molar-refractivity contribution in [3.8, 4) is 0 Å². The summed E-state index contributed by atoms with van der Waals surface area (Å²) < 4.78 is 9.70. The molecule has 3 aromatic carbocycles. The van der Waals surface area contributed by atoms with Crippen molar-refractivity contribution in [1.29, 1.82) is 0 Å². The number of aromatic nitrogens is 2. The van der Waals surface area contributed by atoms with Gasteiger partial charge in [-0.1, -0.05) is 89.7 Å². The van der Waals surface area contributed by atoms with Gasteiger partial charge in [0.05, 0.1) is 28.5 Å². The summed E-state index contributed by atoms with van der Waals surface area (Å²) in [7, 11) is 0. The van der Waals surface area contributed by atoms with E-state index in [0.717, 1.165) is 27.7 Å². The van der Waals surface area contributed by atoms with Crippen molar-refractivity contribution in [2.75, 3.05) is 6.61 Å². The Balaban J connectivity index is 1.55. The molecule has 5 aromatic rings. The monoisotopic (exact) mass is 567 g/mol. The number of rotatable bonds is 6. The van der Waals surface area contributed by atoms with Crippen LogP contribution in [0.4, 0.5) is 0 Å². The minimum absolute atomic E-state index is 0.207. The molecule has 0 aliphatic carbocycles. The molecule has 0 bridgehead atoms. The number of thiazole rings is 1. The molecule has 1 atom stereocenters. The van der Waals surface area contributed by atoms with Crippen LogP contribution in [0.1, 0.15) is 36.7 Å². The maximum Gasteiger partial charge on any atom is 0.338 e. The minimum Gasteiger partial charge on any atom is -0.463 e. The molecule has 1 aliphatic heterocycles. The fourth-order valence-corrected chi connectivity index (χ4v) is 6.43. The van der Waals surface area contributed by atoms with E-state index < -0.39 is 12.0 Å². The van der Waals surface area contributed by atoms with Crippen LogP contribution >= 0.6 is 22.9 Å². The Hall–Kier alpha value is -4.20. The zero-order chi connectivity index (χ0) is 27.8. The first-order chi connectivity index (χ1) is 19.5. The zero-order valence-corrected chi connectivity index (χ0v) is 23.6. The Kier molecular flexibility index (Phi) is 7.00. The number of para-hydroxylation sites is 1. The number of benzene rings is 3. The lowest BCUT2D eigenvalue weighted by Crippen LogP contribution is -2.40. The van der Waals surface area contributed by atoms with Crippen molar-refractivity contribution in [2.24, 2.45) is 4.99 Å². The van der Waals surface area contributed by atoms with Crippen LogP contribution in [0.15, 0.2) is 106 Å². The summed E-state index contributed by atoms with van der Waals surface area (Å²) in [6.07, 6.45) is 1.91. The van der Waals surface area contributed by atoms with E-state index in [0.29, 0.717) is 32.2 Å². The van der Waals surface area contributed by atoms with Crippen molar-refractivity contribution < 1.29 is 9.53 Å². The number of hydrogen-bond donors (Lipinski definition) is 0. The third kappa shape index (κ3) is 4.61. The Morgan fingerprint density at radius 2 is 1.77 bits per heavy atom. The van der Waals surface area contributed by atoms with Crippen LogP contribution in [-0.4, -0.2) is 21.7 Å². The van der Waals surface area contributed by atoms with Crippen molar-refractivity contribution in [2.45, 2.75) is 26.4 Å². The summed E-state index contributed by atoms with van der Waals surface area (Å²) in [5.74, 6) is -0.466. The molecular weight excluding hydrogens is 542 g/mol. The molecule has 2 aromatic heterocycles. The number of halogens is 1. The molecule has 0 radical (unpaired) electrons. The molecule has 3 heterocycles. The molecule has 1 aliphatic rings. The molecule has 0 amide bonds. The molecule has 40 heavy (non-hydrogen) atoms. The van der Waals surface area contributed by atoms with Gasteiger partial charge in [-0.3, -0.25) is 9.36 Å². The molecule has 0 unspecified atom stereocenters. The highest BCUT2D eigenvalue weighted by molar-refractivity contribution is 7.07. The fourth-order valence-electron chi connectivity index (χ4n) is 5.20. The van der Waals surface area contributed by atoms with Gasteiger partial charge in [-0.2, -0.15) is 0 Å². The van der Waals surface area contributed by atoms with Crippen LogP contribution in [0, 0.1) is 0 Å². The first-order valence-corrected chi connectivity index (χ1v) is 14.2. The number of nitrogens with zero attached hydrogens (tertiary/aromatic N) is 3. The molecule has 6 nitrogen and oxygen atoms in total. The highest BCUT2D eigenvalue weighted by Gasteiger charge is 2.33. The van der Waals surface area contributed by atoms with E-state index >= 15 is 0 Å². The van der Waals surface area contributed by atoms with Crippen LogP contribution in [0.3, 0.4) is 0 Å². The Morgan fingerprint density at radius 1 is 1.05 bits per heavy atom. The van der Waals surface area contributed by atoms with E-state index in [9.17, 15) is 9.59 Å². The summed E-state index contributed by atoms with van der Waals surface area (Å²) in [4.78, 5) is 32.4. The van der Waals surface area contributed by atoms with E-state index in [4.69, 9.17) is 16.3 Å². The van der Waals surface area contributed by atoms with Gasteiger partial charge < -0.3 is 9.30 Å². The maximum atomic E-state index is 14.1. The molecular formula is C32H26ClN3O3S. The van der Waals surface area contributed by atoms with Crippen LogP contribution < -0.4 is 14.9 Å². The first-order valence-electron chi connectivity index (χ1n) is 13.0. The SMILES string of the molecule is CCOC(=O)C1=C(C)N=c2s/c(=C/c3cc4ccccc4n3Cc3ccccc3Cl)c(=O)n2[C@@H]1c1ccccc1. The van der Waals surface area contributed by atoms with Crippen molar-refractivity contribution in [1.82, 2.24) is 9.13 Å². The predicted octanol–water partition coefficient (Wildman–Crippen LogP) is 5.45. The summed E-state index contributed by atoms with van der Waals surface area (Å²) >= 11 is 7.84. The second kappa shape index (κ2) is 10.8. The lowest BCUT2D eigenvalue weighted by atomic mass is 9.96. The van der Waals surface area contributed by atoms with Gasteiger partial charge in [-0.25, -0.2) is 9.79 Å². The summed E-state index contributed by atoms with van der Waals surface area (Å²) in [5, 5.41) is 1.76. The van der Waals surface area contributed by atoms with Crippen molar-refractivity contribution in [3.63, 3.8) is 0 Å². The predicted molar refractivity (Wildman–Crippen MR) is 159 cm³/mol. The molecule has 0 saturated heterocycles. The highest BCUT2D eigenvalue weighted by atomic mass is 35.5. The molecule has 0 saturated carbocycles. The topological polar surface area (TPSA) is 65.6 Å². The number of hydrogen-bond acceptors (Lipinski definition) is 5. The quantitative estimate of drug-likeness (QED) is 0.256. The number of carbonyl (C=O) groups excluding carboxylic acids is 1. The van der Waals surface area contributed by atoms with Crippen LogP contribution in [0.5, 0.6) is 0 Å². The number of allylic oxidation sites excluding steroid dienone is 1. The second-order valence-electron chi connectivity index (χ2n) is 9.52. The lowest BCUT2D eigenvalue weighted by molar-refractivity contribution is -0.139.